The van der Waals surface area contributed by atoms with E-state index < -0.39 is 18.0 Å². The Hall–Kier alpha value is -2.40. The van der Waals surface area contributed by atoms with Gasteiger partial charge in [0.1, 0.15) is 11.9 Å². The minimum atomic E-state index is -0.827. The number of aliphatic hydroxyl groups excluding tert-OH is 1. The summed E-state index contributed by atoms with van der Waals surface area (Å²) in [5.74, 6) is -0.894. The molecule has 10 heteroatoms. The fourth-order valence-electron chi connectivity index (χ4n) is 3.99. The molecule has 4 atom stereocenters. The van der Waals surface area contributed by atoms with Crippen molar-refractivity contribution in [3.63, 3.8) is 0 Å². The zero-order chi connectivity index (χ0) is 21.8. The van der Waals surface area contributed by atoms with Crippen LogP contribution in [0.25, 0.3) is 0 Å². The van der Waals surface area contributed by atoms with E-state index in [4.69, 9.17) is 9.47 Å². The Morgan fingerprint density at radius 2 is 2.06 bits per heavy atom. The number of hydrogen-bond acceptors (Lipinski definition) is 7. The zero-order valence-electron chi connectivity index (χ0n) is 16.8. The summed E-state index contributed by atoms with van der Waals surface area (Å²) in [4.78, 5) is 31.1. The van der Waals surface area contributed by atoms with Gasteiger partial charge in [0.05, 0.1) is 37.9 Å². The number of aliphatic hydroxyl groups is 1. The summed E-state index contributed by atoms with van der Waals surface area (Å²) >= 11 is 1.34. The van der Waals surface area contributed by atoms with Gasteiger partial charge in [0, 0.05) is 23.7 Å². The highest BCUT2D eigenvalue weighted by atomic mass is 32.1. The van der Waals surface area contributed by atoms with Crippen molar-refractivity contribution in [3.05, 3.63) is 47.2 Å². The second-order valence-electron chi connectivity index (χ2n) is 7.69. The maximum Gasteiger partial charge on any atom is 0.254 e. The van der Waals surface area contributed by atoms with Crippen LogP contribution in [-0.2, 0) is 14.3 Å². The molecule has 1 aromatic carbocycles. The van der Waals surface area contributed by atoms with Gasteiger partial charge in [0.2, 0.25) is 5.91 Å². The Kier molecular flexibility index (Phi) is 6.91. The highest BCUT2D eigenvalue weighted by molar-refractivity contribution is 7.13. The average Bonchev–Trinajstić information content (AvgIpc) is 3.24. The number of anilines is 1. The number of aromatic nitrogens is 1. The number of nitrogens with zero attached hydrogens (tertiary/aromatic N) is 2. The monoisotopic (exact) mass is 449 g/mol. The third-order valence-electron chi connectivity index (χ3n) is 5.42. The molecule has 0 unspecified atom stereocenters. The van der Waals surface area contributed by atoms with Crippen LogP contribution < -0.4 is 5.32 Å². The molecule has 2 N–H and O–H groups in total. The minimum absolute atomic E-state index is 0.0784. The third kappa shape index (κ3) is 5.45. The quantitative estimate of drug-likeness (QED) is 0.741. The number of thiazole rings is 1. The largest absolute Gasteiger partial charge is 0.389 e. The number of carbonyl (C=O) groups excluding carboxylic acids is 2. The van der Waals surface area contributed by atoms with Crippen molar-refractivity contribution in [2.75, 3.05) is 25.1 Å². The number of benzene rings is 1. The molecule has 31 heavy (non-hydrogen) atoms. The SMILES string of the molecule is O=C(C[C@H]1CC[C@H]2[C@@H](COC[C@@H](O)CN2C(=O)c2ccc(F)cc2)O1)Nc1nccs1. The van der Waals surface area contributed by atoms with E-state index in [2.05, 4.69) is 10.3 Å². The molecule has 0 saturated carbocycles. The number of carbonyl (C=O) groups is 2. The van der Waals surface area contributed by atoms with Crippen molar-refractivity contribution in [2.45, 2.75) is 43.6 Å². The summed E-state index contributed by atoms with van der Waals surface area (Å²) in [5.41, 5.74) is 0.346. The maximum atomic E-state index is 13.3. The average molecular weight is 450 g/mol. The molecular weight excluding hydrogens is 425 g/mol. The van der Waals surface area contributed by atoms with Gasteiger partial charge < -0.3 is 24.8 Å². The van der Waals surface area contributed by atoms with E-state index in [0.717, 1.165) is 0 Å². The highest BCUT2D eigenvalue weighted by Gasteiger charge is 2.40. The van der Waals surface area contributed by atoms with Crippen LogP contribution in [0, 0.1) is 5.82 Å². The molecule has 8 nitrogen and oxygen atoms in total. The molecule has 166 valence electrons. The first-order valence-corrected chi connectivity index (χ1v) is 11.0. The van der Waals surface area contributed by atoms with Crippen LogP contribution in [0.3, 0.4) is 0 Å². The molecule has 2 amide bonds. The number of ether oxygens (including phenoxy) is 2. The predicted octanol–water partition coefficient (Wildman–Crippen LogP) is 2.06. The van der Waals surface area contributed by atoms with E-state index in [9.17, 15) is 19.1 Å². The van der Waals surface area contributed by atoms with Gasteiger partial charge in [-0.05, 0) is 37.1 Å². The third-order valence-corrected chi connectivity index (χ3v) is 6.11. The molecule has 1 aromatic heterocycles. The molecule has 2 fully saturated rings. The lowest BCUT2D eigenvalue weighted by Gasteiger charge is -2.44. The Balaban J connectivity index is 1.44. The van der Waals surface area contributed by atoms with Crippen LogP contribution in [0.1, 0.15) is 29.6 Å². The standard InChI is InChI=1S/C21H24FN3O5S/c22-14-3-1-13(2-4-14)20(28)25-10-15(26)11-29-12-18-17(25)6-5-16(30-18)9-19(27)24-21-23-7-8-31-21/h1-4,7-8,15-18,26H,5-6,9-12H2,(H,23,24,27)/t15-,16+,17-,18+/m0/s1. The number of amides is 2. The van der Waals surface area contributed by atoms with Crippen LogP contribution in [0.4, 0.5) is 9.52 Å². The summed E-state index contributed by atoms with van der Waals surface area (Å²) in [6, 6.07) is 5.03. The smallest absolute Gasteiger partial charge is 0.254 e. The van der Waals surface area contributed by atoms with E-state index >= 15 is 0 Å². The van der Waals surface area contributed by atoms with Crippen LogP contribution in [-0.4, -0.2) is 70.9 Å². The summed E-state index contributed by atoms with van der Waals surface area (Å²) in [6.45, 7) is 0.379. The van der Waals surface area contributed by atoms with Crippen LogP contribution in [0.5, 0.6) is 0 Å². The molecule has 2 saturated heterocycles. The topological polar surface area (TPSA) is 101 Å². The number of rotatable bonds is 4. The molecule has 2 aromatic rings. The molecule has 0 radical (unpaired) electrons. The van der Waals surface area contributed by atoms with Gasteiger partial charge in [0.15, 0.2) is 5.13 Å². The van der Waals surface area contributed by atoms with E-state index in [0.29, 0.717) is 23.5 Å². The summed E-state index contributed by atoms with van der Waals surface area (Å²) < 4.78 is 25.0. The predicted molar refractivity (Wildman–Crippen MR) is 111 cm³/mol. The van der Waals surface area contributed by atoms with Gasteiger partial charge in [-0.1, -0.05) is 0 Å². The Labute approximate surface area is 183 Å². The Morgan fingerprint density at radius 1 is 1.26 bits per heavy atom. The van der Waals surface area contributed by atoms with Crippen LogP contribution >= 0.6 is 11.3 Å². The summed E-state index contributed by atoms with van der Waals surface area (Å²) in [6.07, 6.45) is 1.41. The molecule has 0 spiro atoms. The van der Waals surface area contributed by atoms with Crippen molar-refractivity contribution in [3.8, 4) is 0 Å². The van der Waals surface area contributed by atoms with Gasteiger partial charge in [0.25, 0.3) is 5.91 Å². The van der Waals surface area contributed by atoms with E-state index in [1.165, 1.54) is 35.6 Å². The Morgan fingerprint density at radius 3 is 2.81 bits per heavy atom. The van der Waals surface area contributed by atoms with Crippen LogP contribution in [0.2, 0.25) is 0 Å². The highest BCUT2D eigenvalue weighted by Crippen LogP contribution is 2.29. The van der Waals surface area contributed by atoms with Gasteiger partial charge >= 0.3 is 0 Å². The fourth-order valence-corrected chi connectivity index (χ4v) is 4.54. The van der Waals surface area contributed by atoms with Crippen molar-refractivity contribution in [1.29, 1.82) is 0 Å². The van der Waals surface area contributed by atoms with Crippen LogP contribution in [0.15, 0.2) is 35.8 Å². The lowest BCUT2D eigenvalue weighted by molar-refractivity contribution is -0.149. The van der Waals surface area contributed by atoms with Gasteiger partial charge in [-0.3, -0.25) is 9.59 Å². The number of nitrogens with one attached hydrogen (secondary N) is 1. The number of fused-ring (bicyclic) bond motifs is 1. The van der Waals surface area contributed by atoms with E-state index in [1.54, 1.807) is 16.5 Å². The molecular formula is C21H24FN3O5S. The Bertz CT molecular complexity index is 895. The number of halogens is 1. The summed E-state index contributed by atoms with van der Waals surface area (Å²) in [5, 5.41) is 15.3. The maximum absolute atomic E-state index is 13.3. The first-order valence-electron chi connectivity index (χ1n) is 10.2. The second-order valence-corrected chi connectivity index (χ2v) is 8.58. The lowest BCUT2D eigenvalue weighted by Crippen LogP contribution is -2.57. The van der Waals surface area contributed by atoms with Gasteiger partial charge in [-0.25, -0.2) is 9.37 Å². The molecule has 2 aliphatic rings. The van der Waals surface area contributed by atoms with E-state index in [1.807, 2.05) is 0 Å². The first kappa shape index (κ1) is 21.8. The van der Waals surface area contributed by atoms with Crippen molar-refractivity contribution in [2.24, 2.45) is 0 Å². The summed E-state index contributed by atoms with van der Waals surface area (Å²) in [7, 11) is 0. The molecule has 0 aliphatic carbocycles. The molecule has 2 aliphatic heterocycles. The van der Waals surface area contributed by atoms with Crippen molar-refractivity contribution < 1.29 is 28.6 Å². The second kappa shape index (κ2) is 9.82. The molecule has 0 bridgehead atoms. The van der Waals surface area contributed by atoms with Crippen molar-refractivity contribution >= 4 is 28.3 Å². The first-order chi connectivity index (χ1) is 15.0. The molecule has 4 rings (SSSR count). The zero-order valence-corrected chi connectivity index (χ0v) is 17.6. The number of hydrogen-bond donors (Lipinski definition) is 2. The van der Waals surface area contributed by atoms with Crippen molar-refractivity contribution in [1.82, 2.24) is 9.88 Å². The van der Waals surface area contributed by atoms with E-state index in [-0.39, 0.29) is 50.1 Å². The fraction of sp³-hybridized carbons (Fsp3) is 0.476. The van der Waals surface area contributed by atoms with Gasteiger partial charge in [-0.2, -0.15) is 0 Å². The normalized spacial score (nSPS) is 26.5. The lowest BCUT2D eigenvalue weighted by atomic mass is 9.94. The number of β-amino-alcohol motifs (C(OH)–C–C–N with tert-alkyl or cyclic N) is 1. The van der Waals surface area contributed by atoms with Gasteiger partial charge in [-0.15, -0.1) is 11.3 Å². The molecule has 3 heterocycles. The minimum Gasteiger partial charge on any atom is -0.389 e.